The predicted octanol–water partition coefficient (Wildman–Crippen LogP) is 1.04. The molecule has 2 amide bonds. The lowest BCUT2D eigenvalue weighted by Gasteiger charge is -2.34. The molecule has 0 radical (unpaired) electrons. The molecule has 2 heterocycles. The van der Waals surface area contributed by atoms with Crippen molar-refractivity contribution in [3.05, 3.63) is 17.5 Å². The molecule has 0 unspecified atom stereocenters. The molecule has 8 heteroatoms. The van der Waals surface area contributed by atoms with Crippen LogP contribution in [-0.4, -0.2) is 84.4 Å². The van der Waals surface area contributed by atoms with Crippen LogP contribution in [0.1, 0.15) is 55.7 Å². The largest absolute Gasteiger partial charge is 0.383 e. The number of piperazine rings is 1. The first-order chi connectivity index (χ1) is 13.3. The fourth-order valence-electron chi connectivity index (χ4n) is 3.53. The van der Waals surface area contributed by atoms with Gasteiger partial charge >= 0.3 is 0 Å². The predicted molar refractivity (Wildman–Crippen MR) is 106 cm³/mol. The summed E-state index contributed by atoms with van der Waals surface area (Å²) in [5.41, 5.74) is 1.59. The lowest BCUT2D eigenvalue weighted by Crippen LogP contribution is -2.51. The average molecular weight is 392 g/mol. The van der Waals surface area contributed by atoms with Gasteiger partial charge in [0.2, 0.25) is 5.91 Å². The fraction of sp³-hybridized carbons (Fsp3) is 0.750. The van der Waals surface area contributed by atoms with E-state index in [-0.39, 0.29) is 17.4 Å². The molecule has 1 N–H and O–H groups in total. The fourth-order valence-corrected chi connectivity index (χ4v) is 3.53. The molecule has 3 rings (SSSR count). The van der Waals surface area contributed by atoms with E-state index < -0.39 is 0 Å². The monoisotopic (exact) mass is 391 g/mol. The second kappa shape index (κ2) is 8.61. The number of ether oxygens (including phenoxy) is 1. The summed E-state index contributed by atoms with van der Waals surface area (Å²) in [5, 5.41) is 7.49. The molecule has 1 aliphatic heterocycles. The van der Waals surface area contributed by atoms with E-state index in [0.29, 0.717) is 57.5 Å². The minimum atomic E-state index is -0.134. The van der Waals surface area contributed by atoms with Gasteiger partial charge in [0.05, 0.1) is 18.7 Å². The van der Waals surface area contributed by atoms with E-state index in [9.17, 15) is 9.59 Å². The third-order valence-electron chi connectivity index (χ3n) is 5.24. The summed E-state index contributed by atoms with van der Waals surface area (Å²) >= 11 is 0. The zero-order valence-corrected chi connectivity index (χ0v) is 17.5. The van der Waals surface area contributed by atoms with Crippen molar-refractivity contribution in [3.8, 4) is 0 Å². The number of methoxy groups -OCH3 is 1. The first-order valence-electron chi connectivity index (χ1n) is 10.2. The summed E-state index contributed by atoms with van der Waals surface area (Å²) in [6.45, 7) is 10.4. The number of hydrogen-bond donors (Lipinski definition) is 1. The smallest absolute Gasteiger partial charge is 0.274 e. The second-order valence-electron chi connectivity index (χ2n) is 8.72. The molecular weight excluding hydrogens is 358 g/mol. The molecule has 1 aliphatic carbocycles. The molecule has 0 bridgehead atoms. The highest BCUT2D eigenvalue weighted by atomic mass is 16.5. The zero-order valence-electron chi connectivity index (χ0n) is 17.5. The van der Waals surface area contributed by atoms with Crippen molar-refractivity contribution >= 4 is 11.8 Å². The van der Waals surface area contributed by atoms with Gasteiger partial charge in [-0.05, 0) is 39.7 Å². The Labute approximate surface area is 167 Å². The summed E-state index contributed by atoms with van der Waals surface area (Å²) in [7, 11) is 1.61. The summed E-state index contributed by atoms with van der Waals surface area (Å²) in [4.78, 5) is 28.8. The van der Waals surface area contributed by atoms with Crippen LogP contribution in [0, 0.1) is 0 Å². The zero-order chi connectivity index (χ0) is 20.3. The van der Waals surface area contributed by atoms with E-state index in [4.69, 9.17) is 4.74 Å². The lowest BCUT2D eigenvalue weighted by molar-refractivity contribution is -0.122. The Hall–Kier alpha value is -1.93. The molecular formula is C20H33N5O3. The van der Waals surface area contributed by atoms with E-state index in [1.54, 1.807) is 7.11 Å². The number of rotatable bonds is 7. The van der Waals surface area contributed by atoms with Crippen LogP contribution in [0.25, 0.3) is 0 Å². The summed E-state index contributed by atoms with van der Waals surface area (Å²) in [5.74, 6) is 0.533. The van der Waals surface area contributed by atoms with Crippen LogP contribution >= 0.6 is 0 Å². The minimum Gasteiger partial charge on any atom is -0.383 e. The van der Waals surface area contributed by atoms with Gasteiger partial charge in [-0.3, -0.25) is 19.2 Å². The Bertz CT molecular complexity index is 697. The third kappa shape index (κ3) is 5.11. The standard InChI is InChI=1S/C20H33N5O3/c1-20(2,3)25-17(15-5-6-15)13-16(22-25)19(27)24-10-8-23(9-11-24)14-18(26)21-7-12-28-4/h13,15H,5-12,14H2,1-4H3,(H,21,26). The molecule has 0 spiro atoms. The highest BCUT2D eigenvalue weighted by molar-refractivity contribution is 5.92. The highest BCUT2D eigenvalue weighted by Gasteiger charge is 2.34. The molecule has 0 aromatic carbocycles. The lowest BCUT2D eigenvalue weighted by atomic mass is 10.1. The van der Waals surface area contributed by atoms with Gasteiger partial charge in [0.15, 0.2) is 5.69 Å². The Morgan fingerprint density at radius 2 is 1.89 bits per heavy atom. The van der Waals surface area contributed by atoms with Crippen LogP contribution in [0.15, 0.2) is 6.07 Å². The number of aromatic nitrogens is 2. The maximum atomic E-state index is 13.0. The number of hydrogen-bond acceptors (Lipinski definition) is 5. The highest BCUT2D eigenvalue weighted by Crippen LogP contribution is 2.41. The number of amides is 2. The van der Waals surface area contributed by atoms with Gasteiger partial charge in [-0.1, -0.05) is 0 Å². The average Bonchev–Trinajstić information content (AvgIpc) is 3.39. The molecule has 1 aromatic rings. The van der Waals surface area contributed by atoms with Crippen LogP contribution in [0.4, 0.5) is 0 Å². The summed E-state index contributed by atoms with van der Waals surface area (Å²) < 4.78 is 6.96. The topological polar surface area (TPSA) is 79.7 Å². The van der Waals surface area contributed by atoms with Crippen molar-refractivity contribution in [2.45, 2.75) is 45.1 Å². The number of nitrogens with one attached hydrogen (secondary N) is 1. The number of carbonyl (C=O) groups excluding carboxylic acids is 2. The molecule has 1 aromatic heterocycles. The molecule has 28 heavy (non-hydrogen) atoms. The van der Waals surface area contributed by atoms with Crippen LogP contribution in [0.2, 0.25) is 0 Å². The van der Waals surface area contributed by atoms with Crippen LogP contribution < -0.4 is 5.32 Å². The number of nitrogens with zero attached hydrogens (tertiary/aromatic N) is 4. The molecule has 2 aliphatic rings. The first-order valence-corrected chi connectivity index (χ1v) is 10.2. The number of carbonyl (C=O) groups is 2. The van der Waals surface area contributed by atoms with Gasteiger partial charge in [-0.25, -0.2) is 0 Å². The van der Waals surface area contributed by atoms with Crippen molar-refractivity contribution in [2.75, 3.05) is 53.0 Å². The third-order valence-corrected chi connectivity index (χ3v) is 5.24. The molecule has 8 nitrogen and oxygen atoms in total. The van der Waals surface area contributed by atoms with Crippen LogP contribution in [0.5, 0.6) is 0 Å². The van der Waals surface area contributed by atoms with Crippen molar-refractivity contribution < 1.29 is 14.3 Å². The van der Waals surface area contributed by atoms with E-state index in [1.807, 2.05) is 15.6 Å². The molecule has 156 valence electrons. The summed E-state index contributed by atoms with van der Waals surface area (Å²) in [6.07, 6.45) is 2.36. The summed E-state index contributed by atoms with van der Waals surface area (Å²) in [6, 6.07) is 1.99. The van der Waals surface area contributed by atoms with Gasteiger partial charge in [0, 0.05) is 51.4 Å². The van der Waals surface area contributed by atoms with Crippen LogP contribution in [-0.2, 0) is 15.1 Å². The molecule has 2 fully saturated rings. The van der Waals surface area contributed by atoms with Gasteiger partial charge in [0.25, 0.3) is 5.91 Å². The van der Waals surface area contributed by atoms with Gasteiger partial charge < -0.3 is 15.0 Å². The maximum absolute atomic E-state index is 13.0. The van der Waals surface area contributed by atoms with Crippen molar-refractivity contribution in [1.29, 1.82) is 0 Å². The quantitative estimate of drug-likeness (QED) is 0.703. The maximum Gasteiger partial charge on any atom is 0.274 e. The molecule has 1 saturated heterocycles. The van der Waals surface area contributed by atoms with E-state index >= 15 is 0 Å². The van der Waals surface area contributed by atoms with Crippen molar-refractivity contribution in [3.63, 3.8) is 0 Å². The van der Waals surface area contributed by atoms with Gasteiger partial charge in [-0.2, -0.15) is 5.10 Å². The Kier molecular flexibility index (Phi) is 6.40. The normalized spacial score (nSPS) is 18.4. The Morgan fingerprint density at radius 3 is 2.46 bits per heavy atom. The molecule has 0 atom stereocenters. The van der Waals surface area contributed by atoms with Crippen LogP contribution in [0.3, 0.4) is 0 Å². The van der Waals surface area contributed by atoms with E-state index in [2.05, 4.69) is 36.1 Å². The van der Waals surface area contributed by atoms with Gasteiger partial charge in [-0.15, -0.1) is 0 Å². The van der Waals surface area contributed by atoms with E-state index in [0.717, 1.165) is 0 Å². The van der Waals surface area contributed by atoms with Crippen molar-refractivity contribution in [1.82, 2.24) is 24.9 Å². The second-order valence-corrected chi connectivity index (χ2v) is 8.72. The van der Waals surface area contributed by atoms with Gasteiger partial charge in [0.1, 0.15) is 0 Å². The minimum absolute atomic E-state index is 0.00479. The van der Waals surface area contributed by atoms with E-state index in [1.165, 1.54) is 18.5 Å². The molecule has 1 saturated carbocycles. The Morgan fingerprint density at radius 1 is 1.21 bits per heavy atom. The Balaban J connectivity index is 1.55. The first kappa shape index (κ1) is 20.8. The van der Waals surface area contributed by atoms with Crippen molar-refractivity contribution in [2.24, 2.45) is 0 Å². The SMILES string of the molecule is COCCNC(=O)CN1CCN(C(=O)c2cc(C3CC3)n(C(C)(C)C)n2)CC1.